The summed E-state index contributed by atoms with van der Waals surface area (Å²) in [5.74, 6) is -1.34. The molecule has 1 aliphatic heterocycles. The summed E-state index contributed by atoms with van der Waals surface area (Å²) in [4.78, 5) is 38.4. The number of aromatic nitrogens is 1. The van der Waals surface area contributed by atoms with Gasteiger partial charge in [0.05, 0.1) is 12.8 Å². The summed E-state index contributed by atoms with van der Waals surface area (Å²) >= 11 is 0. The van der Waals surface area contributed by atoms with E-state index in [9.17, 15) is 14.4 Å². The highest BCUT2D eigenvalue weighted by atomic mass is 16.5. The molecule has 1 aliphatic rings. The summed E-state index contributed by atoms with van der Waals surface area (Å²) in [6.07, 6.45) is 0.354. The van der Waals surface area contributed by atoms with E-state index in [1.165, 1.54) is 12.0 Å². The molecule has 0 N–H and O–H groups in total. The standard InChI is InChI=1S/C19H20N2O6/c1-11-17(12(2)27-20-11)19(24)26-10-16(22)21-9-14-7-5-4-6-13(14)8-15(21)18(23)25-3/h4-7,15H,8-10H2,1-3H3/t15-/m1/s1. The maximum Gasteiger partial charge on any atom is 0.344 e. The fourth-order valence-corrected chi connectivity index (χ4v) is 3.19. The maximum atomic E-state index is 12.7. The van der Waals surface area contributed by atoms with Crippen molar-refractivity contribution in [1.82, 2.24) is 10.1 Å². The van der Waals surface area contributed by atoms with Crippen LogP contribution in [0.2, 0.25) is 0 Å². The Balaban J connectivity index is 1.74. The fraction of sp³-hybridized carbons (Fsp3) is 0.368. The molecule has 8 nitrogen and oxygen atoms in total. The molecule has 0 fully saturated rings. The molecule has 27 heavy (non-hydrogen) atoms. The van der Waals surface area contributed by atoms with Gasteiger partial charge in [-0.3, -0.25) is 4.79 Å². The molecule has 0 saturated carbocycles. The van der Waals surface area contributed by atoms with Gasteiger partial charge in [-0.25, -0.2) is 9.59 Å². The third-order valence-corrected chi connectivity index (χ3v) is 4.61. The first-order valence-electron chi connectivity index (χ1n) is 8.46. The van der Waals surface area contributed by atoms with Gasteiger partial charge in [0, 0.05) is 13.0 Å². The number of carbonyl (C=O) groups is 3. The Bertz CT molecular complexity index is 869. The average molecular weight is 372 g/mol. The minimum atomic E-state index is -0.754. The molecule has 1 amide bonds. The fourth-order valence-electron chi connectivity index (χ4n) is 3.19. The number of ether oxygens (including phenoxy) is 2. The van der Waals surface area contributed by atoms with Gasteiger partial charge in [-0.15, -0.1) is 0 Å². The highest BCUT2D eigenvalue weighted by molar-refractivity contribution is 5.93. The minimum absolute atomic E-state index is 0.205. The smallest absolute Gasteiger partial charge is 0.344 e. The number of methoxy groups -OCH3 is 1. The third-order valence-electron chi connectivity index (χ3n) is 4.61. The zero-order valence-electron chi connectivity index (χ0n) is 15.4. The number of nitrogens with zero attached hydrogens (tertiary/aromatic N) is 2. The van der Waals surface area contributed by atoms with Crippen LogP contribution in [0, 0.1) is 13.8 Å². The van der Waals surface area contributed by atoms with Crippen LogP contribution in [0.4, 0.5) is 0 Å². The van der Waals surface area contributed by atoms with E-state index >= 15 is 0 Å². The van der Waals surface area contributed by atoms with Gasteiger partial charge in [0.2, 0.25) is 0 Å². The summed E-state index contributed by atoms with van der Waals surface area (Å²) < 4.78 is 14.9. The van der Waals surface area contributed by atoms with E-state index in [0.717, 1.165) is 11.1 Å². The van der Waals surface area contributed by atoms with Crippen LogP contribution >= 0.6 is 0 Å². The highest BCUT2D eigenvalue weighted by Crippen LogP contribution is 2.24. The first-order valence-corrected chi connectivity index (χ1v) is 8.46. The number of esters is 2. The first-order chi connectivity index (χ1) is 12.9. The Kier molecular flexibility index (Phi) is 5.25. The van der Waals surface area contributed by atoms with Gasteiger partial charge in [0.15, 0.2) is 6.61 Å². The van der Waals surface area contributed by atoms with Gasteiger partial charge in [-0.2, -0.15) is 0 Å². The van der Waals surface area contributed by atoms with E-state index in [2.05, 4.69) is 5.16 Å². The zero-order valence-corrected chi connectivity index (χ0v) is 15.4. The zero-order chi connectivity index (χ0) is 19.6. The second-order valence-corrected chi connectivity index (χ2v) is 6.31. The van der Waals surface area contributed by atoms with Gasteiger partial charge >= 0.3 is 11.9 Å². The average Bonchev–Trinajstić information content (AvgIpc) is 3.02. The van der Waals surface area contributed by atoms with Gasteiger partial charge in [0.1, 0.15) is 17.4 Å². The summed E-state index contributed by atoms with van der Waals surface area (Å²) in [5, 5.41) is 3.69. The monoisotopic (exact) mass is 372 g/mol. The number of benzene rings is 1. The second kappa shape index (κ2) is 7.61. The molecule has 1 aromatic carbocycles. The van der Waals surface area contributed by atoms with Gasteiger partial charge in [0.25, 0.3) is 5.91 Å². The number of aryl methyl sites for hydroxylation is 2. The lowest BCUT2D eigenvalue weighted by atomic mass is 9.94. The lowest BCUT2D eigenvalue weighted by Crippen LogP contribution is -2.50. The van der Waals surface area contributed by atoms with Crippen molar-refractivity contribution in [1.29, 1.82) is 0 Å². The summed E-state index contributed by atoms with van der Waals surface area (Å²) in [7, 11) is 1.28. The van der Waals surface area contributed by atoms with Crippen LogP contribution in [0.25, 0.3) is 0 Å². The molecule has 1 aromatic heterocycles. The van der Waals surface area contributed by atoms with Crippen LogP contribution in [0.1, 0.15) is 32.9 Å². The van der Waals surface area contributed by atoms with Crippen LogP contribution in [0.3, 0.4) is 0 Å². The quantitative estimate of drug-likeness (QED) is 0.751. The van der Waals surface area contributed by atoms with E-state index in [4.69, 9.17) is 14.0 Å². The van der Waals surface area contributed by atoms with E-state index in [0.29, 0.717) is 17.9 Å². The van der Waals surface area contributed by atoms with Crippen molar-refractivity contribution in [2.75, 3.05) is 13.7 Å². The Morgan fingerprint density at radius 2 is 1.93 bits per heavy atom. The normalized spacial score (nSPS) is 15.8. The molecule has 0 unspecified atom stereocenters. The molecule has 0 bridgehead atoms. The van der Waals surface area contributed by atoms with Gasteiger partial charge < -0.3 is 18.9 Å². The Hall–Kier alpha value is -3.16. The minimum Gasteiger partial charge on any atom is -0.467 e. The van der Waals surface area contributed by atoms with E-state index < -0.39 is 30.5 Å². The van der Waals surface area contributed by atoms with Gasteiger partial charge in [-0.05, 0) is 25.0 Å². The lowest BCUT2D eigenvalue weighted by Gasteiger charge is -2.35. The lowest BCUT2D eigenvalue weighted by molar-refractivity contribution is -0.155. The van der Waals surface area contributed by atoms with Crippen LogP contribution in [0.15, 0.2) is 28.8 Å². The largest absolute Gasteiger partial charge is 0.467 e. The number of carbonyl (C=O) groups excluding carboxylic acids is 3. The van der Waals surface area contributed by atoms with Crippen LogP contribution < -0.4 is 0 Å². The number of hydrogen-bond donors (Lipinski definition) is 0. The molecule has 0 radical (unpaired) electrons. The number of rotatable bonds is 4. The maximum absolute atomic E-state index is 12.7. The molecule has 142 valence electrons. The summed E-state index contributed by atoms with van der Waals surface area (Å²) in [5.41, 5.74) is 2.54. The second-order valence-electron chi connectivity index (χ2n) is 6.31. The van der Waals surface area contributed by atoms with Crippen molar-refractivity contribution in [2.24, 2.45) is 0 Å². The van der Waals surface area contributed by atoms with Crippen molar-refractivity contribution < 1.29 is 28.4 Å². The van der Waals surface area contributed by atoms with Crippen LogP contribution in [-0.2, 0) is 32.0 Å². The molecule has 8 heteroatoms. The highest BCUT2D eigenvalue weighted by Gasteiger charge is 2.35. The van der Waals surface area contributed by atoms with Crippen LogP contribution in [-0.4, -0.2) is 47.7 Å². The van der Waals surface area contributed by atoms with Crippen molar-refractivity contribution in [3.8, 4) is 0 Å². The van der Waals surface area contributed by atoms with Crippen molar-refractivity contribution in [2.45, 2.75) is 32.9 Å². The summed E-state index contributed by atoms with van der Waals surface area (Å²) in [6.45, 7) is 2.97. The molecule has 0 spiro atoms. The molecule has 2 heterocycles. The molecule has 3 rings (SSSR count). The van der Waals surface area contributed by atoms with Crippen LogP contribution in [0.5, 0.6) is 0 Å². The Labute approximate surface area is 156 Å². The predicted octanol–water partition coefficient (Wildman–Crippen LogP) is 1.57. The topological polar surface area (TPSA) is 98.9 Å². The molecular weight excluding hydrogens is 352 g/mol. The Morgan fingerprint density at radius 3 is 2.56 bits per heavy atom. The Morgan fingerprint density at radius 1 is 1.22 bits per heavy atom. The van der Waals surface area contributed by atoms with Crippen molar-refractivity contribution in [3.63, 3.8) is 0 Å². The van der Waals surface area contributed by atoms with Gasteiger partial charge in [-0.1, -0.05) is 29.4 Å². The number of amides is 1. The predicted molar refractivity (Wildman–Crippen MR) is 92.8 cm³/mol. The van der Waals surface area contributed by atoms with Crippen molar-refractivity contribution in [3.05, 3.63) is 52.4 Å². The SMILES string of the molecule is COC(=O)[C@H]1Cc2ccccc2CN1C(=O)COC(=O)c1c(C)noc1C. The molecule has 0 aliphatic carbocycles. The molecule has 1 atom stereocenters. The van der Waals surface area contributed by atoms with E-state index in [1.807, 2.05) is 24.3 Å². The summed E-state index contributed by atoms with van der Waals surface area (Å²) in [6, 6.07) is 6.83. The van der Waals surface area contributed by atoms with Crippen molar-refractivity contribution >= 4 is 17.8 Å². The molecule has 0 saturated heterocycles. The third kappa shape index (κ3) is 3.69. The first kappa shape index (κ1) is 18.6. The molecule has 2 aromatic rings. The number of fused-ring (bicyclic) bond motifs is 1. The molecular formula is C19H20N2O6. The van der Waals surface area contributed by atoms with E-state index in [1.54, 1.807) is 13.8 Å². The van der Waals surface area contributed by atoms with E-state index in [-0.39, 0.29) is 12.1 Å². The number of hydrogen-bond acceptors (Lipinski definition) is 7.